The van der Waals surface area contributed by atoms with Crippen LogP contribution in [0.4, 0.5) is 14.9 Å². The Balaban J connectivity index is 1.94. The normalized spacial score (nSPS) is 10.1. The Morgan fingerprint density at radius 3 is 2.55 bits per heavy atom. The Hall–Kier alpha value is -2.69. The summed E-state index contributed by atoms with van der Waals surface area (Å²) in [6, 6.07) is 10.7. The molecule has 0 bridgehead atoms. The number of carbonyl (C=O) groups is 2. The van der Waals surface area contributed by atoms with Gasteiger partial charge in [-0.3, -0.25) is 4.79 Å². The topological polar surface area (TPSA) is 58.2 Å². The highest BCUT2D eigenvalue weighted by Gasteiger charge is 2.05. The van der Waals surface area contributed by atoms with Crippen molar-refractivity contribution in [2.24, 2.45) is 0 Å². The Kier molecular flexibility index (Phi) is 5.25. The summed E-state index contributed by atoms with van der Waals surface area (Å²) in [5, 5.41) is 5.40. The van der Waals surface area contributed by atoms with Crippen molar-refractivity contribution in [2.75, 3.05) is 5.32 Å². The third-order valence-electron chi connectivity index (χ3n) is 3.28. The van der Waals surface area contributed by atoms with Crippen molar-refractivity contribution in [1.29, 1.82) is 0 Å². The molecule has 0 aliphatic rings. The molecule has 22 heavy (non-hydrogen) atoms. The molecule has 2 amide bonds. The van der Waals surface area contributed by atoms with Crippen LogP contribution in [0.2, 0.25) is 0 Å². The third kappa shape index (κ3) is 4.15. The van der Waals surface area contributed by atoms with Crippen molar-refractivity contribution in [3.05, 3.63) is 65.0 Å². The fourth-order valence-corrected chi connectivity index (χ4v) is 2.06. The first kappa shape index (κ1) is 15.7. The summed E-state index contributed by atoms with van der Waals surface area (Å²) in [5.41, 5.74) is 2.94. The van der Waals surface area contributed by atoms with Crippen LogP contribution >= 0.6 is 0 Å². The van der Waals surface area contributed by atoms with Crippen molar-refractivity contribution in [3.8, 4) is 0 Å². The Morgan fingerprint density at radius 2 is 1.91 bits per heavy atom. The minimum atomic E-state index is -0.356. The van der Waals surface area contributed by atoms with Gasteiger partial charge in [0.2, 0.25) is 0 Å². The van der Waals surface area contributed by atoms with Gasteiger partial charge in [-0.05, 0) is 47.9 Å². The number of hydrogen-bond donors (Lipinski definition) is 2. The van der Waals surface area contributed by atoms with Gasteiger partial charge in [-0.15, -0.1) is 0 Å². The summed E-state index contributed by atoms with van der Waals surface area (Å²) < 4.78 is 12.8. The van der Waals surface area contributed by atoms with Crippen LogP contribution in [0.15, 0.2) is 42.5 Å². The molecule has 2 aromatic carbocycles. The van der Waals surface area contributed by atoms with Crippen molar-refractivity contribution < 1.29 is 14.0 Å². The molecular formula is C17H17FN2O2. The Morgan fingerprint density at radius 1 is 1.18 bits per heavy atom. The van der Waals surface area contributed by atoms with Crippen LogP contribution < -0.4 is 10.6 Å². The number of aryl methyl sites for hydroxylation is 1. The lowest BCUT2D eigenvalue weighted by molar-refractivity contribution is 0.112. The van der Waals surface area contributed by atoms with Crippen molar-refractivity contribution in [1.82, 2.24) is 5.32 Å². The fraction of sp³-hybridized carbons (Fsp3) is 0.176. The number of nitrogens with one attached hydrogen (secondary N) is 2. The van der Waals surface area contributed by atoms with Crippen LogP contribution in [0.3, 0.4) is 0 Å². The maximum Gasteiger partial charge on any atom is 0.319 e. The summed E-state index contributed by atoms with van der Waals surface area (Å²) in [6.45, 7) is 2.25. The van der Waals surface area contributed by atoms with E-state index >= 15 is 0 Å². The molecule has 0 fully saturated rings. The van der Waals surface area contributed by atoms with Crippen molar-refractivity contribution >= 4 is 18.0 Å². The van der Waals surface area contributed by atoms with Crippen LogP contribution in [0.5, 0.6) is 0 Å². The van der Waals surface area contributed by atoms with E-state index in [9.17, 15) is 14.0 Å². The van der Waals surface area contributed by atoms with Crippen LogP contribution in [0.1, 0.15) is 28.4 Å². The van der Waals surface area contributed by atoms with E-state index in [1.165, 1.54) is 12.1 Å². The Labute approximate surface area is 128 Å². The molecule has 0 aliphatic carbocycles. The van der Waals surface area contributed by atoms with Gasteiger partial charge in [0, 0.05) is 17.8 Å². The minimum absolute atomic E-state index is 0.305. The van der Waals surface area contributed by atoms with Gasteiger partial charge in [0.15, 0.2) is 0 Å². The molecule has 0 aromatic heterocycles. The van der Waals surface area contributed by atoms with E-state index in [4.69, 9.17) is 0 Å². The summed E-state index contributed by atoms with van der Waals surface area (Å²) in [5.74, 6) is -0.310. The van der Waals surface area contributed by atoms with Gasteiger partial charge in [-0.1, -0.05) is 19.1 Å². The van der Waals surface area contributed by atoms with E-state index in [2.05, 4.69) is 10.6 Å². The SMILES string of the molecule is CCc1cc(NC(=O)NCc2ccc(F)cc2)ccc1C=O. The lowest BCUT2D eigenvalue weighted by Gasteiger charge is -2.10. The van der Waals surface area contributed by atoms with E-state index in [1.54, 1.807) is 30.3 Å². The molecule has 2 N–H and O–H groups in total. The van der Waals surface area contributed by atoms with Crippen LogP contribution in [-0.2, 0) is 13.0 Å². The number of carbonyl (C=O) groups excluding carboxylic acids is 2. The van der Waals surface area contributed by atoms with Crippen LogP contribution in [0, 0.1) is 5.82 Å². The highest BCUT2D eigenvalue weighted by molar-refractivity contribution is 5.90. The molecule has 5 heteroatoms. The van der Waals surface area contributed by atoms with Gasteiger partial charge in [-0.25, -0.2) is 9.18 Å². The van der Waals surface area contributed by atoms with E-state index in [0.29, 0.717) is 24.2 Å². The largest absolute Gasteiger partial charge is 0.334 e. The molecule has 0 saturated heterocycles. The average Bonchev–Trinajstić information content (AvgIpc) is 2.54. The summed E-state index contributed by atoms with van der Waals surface area (Å²) in [4.78, 5) is 22.7. The van der Waals surface area contributed by atoms with Gasteiger partial charge in [0.25, 0.3) is 0 Å². The summed E-state index contributed by atoms with van der Waals surface area (Å²) in [7, 11) is 0. The quantitative estimate of drug-likeness (QED) is 0.830. The first-order chi connectivity index (χ1) is 10.6. The zero-order valence-corrected chi connectivity index (χ0v) is 12.2. The molecule has 0 spiro atoms. The first-order valence-corrected chi connectivity index (χ1v) is 6.99. The summed E-state index contributed by atoms with van der Waals surface area (Å²) in [6.07, 6.45) is 1.51. The molecule has 0 heterocycles. The molecular weight excluding hydrogens is 283 g/mol. The molecule has 0 unspecified atom stereocenters. The van der Waals surface area contributed by atoms with Gasteiger partial charge >= 0.3 is 6.03 Å². The number of benzene rings is 2. The van der Waals surface area contributed by atoms with E-state index < -0.39 is 0 Å². The lowest BCUT2D eigenvalue weighted by atomic mass is 10.1. The average molecular weight is 300 g/mol. The molecule has 0 atom stereocenters. The number of aldehydes is 1. The zero-order chi connectivity index (χ0) is 15.9. The van der Waals surface area contributed by atoms with Crippen molar-refractivity contribution in [2.45, 2.75) is 19.9 Å². The standard InChI is InChI=1S/C17H17FN2O2/c1-2-13-9-16(8-5-14(13)11-21)20-17(22)19-10-12-3-6-15(18)7-4-12/h3-9,11H,2,10H2,1H3,(H2,19,20,22). The number of halogens is 1. The lowest BCUT2D eigenvalue weighted by Crippen LogP contribution is -2.28. The number of hydrogen-bond acceptors (Lipinski definition) is 2. The van der Waals surface area contributed by atoms with Crippen molar-refractivity contribution in [3.63, 3.8) is 0 Å². The van der Waals surface area contributed by atoms with Crippen LogP contribution in [0.25, 0.3) is 0 Å². The second kappa shape index (κ2) is 7.36. The second-order valence-corrected chi connectivity index (χ2v) is 4.82. The Bertz CT molecular complexity index is 669. The molecule has 0 saturated carbocycles. The molecule has 114 valence electrons. The highest BCUT2D eigenvalue weighted by Crippen LogP contribution is 2.15. The molecule has 0 aliphatic heterocycles. The van der Waals surface area contributed by atoms with E-state index in [0.717, 1.165) is 17.4 Å². The molecule has 2 rings (SSSR count). The maximum absolute atomic E-state index is 12.8. The molecule has 4 nitrogen and oxygen atoms in total. The molecule has 2 aromatic rings. The predicted octanol–water partition coefficient (Wildman–Crippen LogP) is 3.52. The van der Waals surface area contributed by atoms with E-state index in [1.807, 2.05) is 6.92 Å². The zero-order valence-electron chi connectivity index (χ0n) is 12.2. The second-order valence-electron chi connectivity index (χ2n) is 4.82. The van der Waals surface area contributed by atoms with Gasteiger partial charge in [0.05, 0.1) is 0 Å². The van der Waals surface area contributed by atoms with Gasteiger partial charge in [0.1, 0.15) is 12.1 Å². The molecule has 0 radical (unpaired) electrons. The third-order valence-corrected chi connectivity index (χ3v) is 3.28. The maximum atomic E-state index is 12.8. The number of urea groups is 1. The van der Waals surface area contributed by atoms with Gasteiger partial charge < -0.3 is 10.6 Å². The smallest absolute Gasteiger partial charge is 0.319 e. The van der Waals surface area contributed by atoms with E-state index in [-0.39, 0.29) is 11.8 Å². The highest BCUT2D eigenvalue weighted by atomic mass is 19.1. The predicted molar refractivity (Wildman–Crippen MR) is 83.5 cm³/mol. The first-order valence-electron chi connectivity index (χ1n) is 6.99. The number of anilines is 1. The fourth-order valence-electron chi connectivity index (χ4n) is 2.06. The minimum Gasteiger partial charge on any atom is -0.334 e. The van der Waals surface area contributed by atoms with Crippen LogP contribution in [-0.4, -0.2) is 12.3 Å². The monoisotopic (exact) mass is 300 g/mol. The van der Waals surface area contributed by atoms with Gasteiger partial charge in [-0.2, -0.15) is 0 Å². The number of amides is 2. The number of rotatable bonds is 5. The summed E-state index contributed by atoms with van der Waals surface area (Å²) >= 11 is 0.